The van der Waals surface area contributed by atoms with E-state index in [2.05, 4.69) is 0 Å². The lowest BCUT2D eigenvalue weighted by Crippen LogP contribution is -1.96. The Bertz CT molecular complexity index is 407. The quantitative estimate of drug-likeness (QED) is 0.554. The molecule has 0 spiro atoms. The minimum absolute atomic E-state index is 0.452. The van der Waals surface area contributed by atoms with Crippen molar-refractivity contribution < 1.29 is 9.46 Å². The Morgan fingerprint density at radius 3 is 2.61 bits per heavy atom. The first-order chi connectivity index (χ1) is 8.53. The first kappa shape index (κ1) is 15.8. The van der Waals surface area contributed by atoms with Crippen molar-refractivity contribution in [2.75, 3.05) is 12.3 Å². The van der Waals surface area contributed by atoms with Gasteiger partial charge in [0.2, 0.25) is 7.37 Å². The topological polar surface area (TPSA) is 37.3 Å². The number of unbranched alkanes of at least 4 members (excludes halogenated alkanes) is 2. The van der Waals surface area contributed by atoms with Gasteiger partial charge < -0.3 is 4.89 Å². The van der Waals surface area contributed by atoms with Gasteiger partial charge in [-0.3, -0.25) is 4.57 Å². The molecular weight excluding hydrogens is 267 g/mol. The molecule has 0 aromatic heterocycles. The van der Waals surface area contributed by atoms with Gasteiger partial charge in [-0.2, -0.15) is 0 Å². The second kappa shape index (κ2) is 7.99. The molecule has 0 aliphatic rings. The van der Waals surface area contributed by atoms with Crippen LogP contribution in [0.2, 0.25) is 5.02 Å². The maximum Gasteiger partial charge on any atom is 0.200 e. The van der Waals surface area contributed by atoms with Crippen molar-refractivity contribution in [1.82, 2.24) is 0 Å². The fourth-order valence-corrected chi connectivity index (χ4v) is 3.86. The van der Waals surface area contributed by atoms with Gasteiger partial charge >= 0.3 is 0 Å². The van der Waals surface area contributed by atoms with E-state index in [1.807, 2.05) is 31.2 Å². The van der Waals surface area contributed by atoms with E-state index in [-0.39, 0.29) is 0 Å². The van der Waals surface area contributed by atoms with E-state index in [0.717, 1.165) is 37.1 Å². The zero-order valence-electron chi connectivity index (χ0n) is 10.9. The summed E-state index contributed by atoms with van der Waals surface area (Å²) >= 11 is 5.90. The minimum Gasteiger partial charge on any atom is -0.344 e. The molecule has 0 aliphatic heterocycles. The largest absolute Gasteiger partial charge is 0.344 e. The zero-order valence-corrected chi connectivity index (χ0v) is 12.6. The number of benzene rings is 1. The minimum atomic E-state index is -2.87. The Morgan fingerprint density at radius 1 is 1.22 bits per heavy atom. The third kappa shape index (κ3) is 6.58. The highest BCUT2D eigenvalue weighted by Gasteiger charge is 2.16. The molecule has 1 N–H and O–H groups in total. The lowest BCUT2D eigenvalue weighted by atomic mass is 10.1. The predicted molar refractivity (Wildman–Crippen MR) is 78.9 cm³/mol. The number of hydrogen-bond acceptors (Lipinski definition) is 1. The van der Waals surface area contributed by atoms with E-state index in [9.17, 15) is 9.46 Å². The molecule has 1 aromatic carbocycles. The van der Waals surface area contributed by atoms with Crippen LogP contribution >= 0.6 is 19.0 Å². The first-order valence-corrected chi connectivity index (χ1v) is 8.99. The monoisotopic (exact) mass is 288 g/mol. The molecular formula is C14H22ClO2P. The third-order valence-electron chi connectivity index (χ3n) is 2.97. The SMILES string of the molecule is CCCCP(=O)(O)CCCCc1cccc(Cl)c1. The Balaban J connectivity index is 2.24. The Hall–Kier alpha value is -0.300. The predicted octanol–water partition coefficient (Wildman–Crippen LogP) is 4.73. The first-order valence-electron chi connectivity index (χ1n) is 6.59. The average Bonchev–Trinajstić information content (AvgIpc) is 2.32. The average molecular weight is 289 g/mol. The molecule has 1 atom stereocenters. The smallest absolute Gasteiger partial charge is 0.200 e. The highest BCUT2D eigenvalue weighted by Crippen LogP contribution is 2.42. The highest BCUT2D eigenvalue weighted by atomic mass is 35.5. The normalized spacial score (nSPS) is 14.4. The van der Waals surface area contributed by atoms with Crippen molar-refractivity contribution in [1.29, 1.82) is 0 Å². The van der Waals surface area contributed by atoms with Gasteiger partial charge in [-0.15, -0.1) is 0 Å². The zero-order chi connectivity index (χ0) is 13.4. The molecule has 1 unspecified atom stereocenters. The maximum atomic E-state index is 11.8. The van der Waals surface area contributed by atoms with Crippen molar-refractivity contribution in [2.45, 2.75) is 39.0 Å². The van der Waals surface area contributed by atoms with E-state index < -0.39 is 7.37 Å². The van der Waals surface area contributed by atoms with Crippen LogP contribution in [0.25, 0.3) is 0 Å². The molecule has 2 nitrogen and oxygen atoms in total. The van der Waals surface area contributed by atoms with E-state index in [1.165, 1.54) is 5.56 Å². The van der Waals surface area contributed by atoms with Crippen LogP contribution in [0.4, 0.5) is 0 Å². The van der Waals surface area contributed by atoms with Crippen LogP contribution in [-0.4, -0.2) is 17.2 Å². The van der Waals surface area contributed by atoms with Crippen LogP contribution in [0.3, 0.4) is 0 Å². The van der Waals surface area contributed by atoms with Crippen molar-refractivity contribution >= 4 is 19.0 Å². The van der Waals surface area contributed by atoms with Crippen LogP contribution in [0, 0.1) is 0 Å². The van der Waals surface area contributed by atoms with Gasteiger partial charge in [0.25, 0.3) is 0 Å². The van der Waals surface area contributed by atoms with E-state index in [4.69, 9.17) is 11.6 Å². The van der Waals surface area contributed by atoms with Gasteiger partial charge in [0, 0.05) is 17.3 Å². The summed E-state index contributed by atoms with van der Waals surface area (Å²) in [5, 5.41) is 0.753. The number of aryl methyl sites for hydroxylation is 1. The molecule has 0 radical (unpaired) electrons. The summed E-state index contributed by atoms with van der Waals surface area (Å²) in [6.45, 7) is 2.04. The van der Waals surface area contributed by atoms with E-state index >= 15 is 0 Å². The van der Waals surface area contributed by atoms with Crippen molar-refractivity contribution in [3.8, 4) is 0 Å². The maximum absolute atomic E-state index is 11.8. The van der Waals surface area contributed by atoms with Crippen molar-refractivity contribution in [2.24, 2.45) is 0 Å². The fourth-order valence-electron chi connectivity index (χ4n) is 1.90. The van der Waals surface area contributed by atoms with Crippen LogP contribution < -0.4 is 0 Å². The summed E-state index contributed by atoms with van der Waals surface area (Å²) in [6, 6.07) is 7.80. The molecule has 4 heteroatoms. The molecule has 0 heterocycles. The number of rotatable bonds is 8. The van der Waals surface area contributed by atoms with Crippen molar-refractivity contribution in [3.63, 3.8) is 0 Å². The second-order valence-electron chi connectivity index (χ2n) is 4.73. The molecule has 0 bridgehead atoms. The van der Waals surface area contributed by atoms with Gasteiger partial charge in [-0.1, -0.05) is 37.1 Å². The molecule has 18 heavy (non-hydrogen) atoms. The van der Waals surface area contributed by atoms with E-state index in [1.54, 1.807) is 0 Å². The second-order valence-corrected chi connectivity index (χ2v) is 7.76. The van der Waals surface area contributed by atoms with E-state index in [0.29, 0.717) is 12.3 Å². The molecule has 1 rings (SSSR count). The fraction of sp³-hybridized carbons (Fsp3) is 0.571. The number of hydrogen-bond donors (Lipinski definition) is 1. The van der Waals surface area contributed by atoms with Crippen molar-refractivity contribution in [3.05, 3.63) is 34.9 Å². The molecule has 1 aromatic rings. The summed E-state index contributed by atoms with van der Waals surface area (Å²) in [7, 11) is -2.87. The van der Waals surface area contributed by atoms with Crippen LogP contribution in [-0.2, 0) is 11.0 Å². The molecule has 0 aliphatic carbocycles. The summed E-state index contributed by atoms with van der Waals surface area (Å²) in [5.74, 6) is 0. The standard InChI is InChI=1S/C14H22ClO2P/c1-2-3-10-18(16,17)11-5-4-7-13-8-6-9-14(15)12-13/h6,8-9,12H,2-5,7,10-11H2,1H3,(H,16,17). The van der Waals surface area contributed by atoms with Gasteiger partial charge in [-0.25, -0.2) is 0 Å². The molecule has 102 valence electrons. The Morgan fingerprint density at radius 2 is 1.94 bits per heavy atom. The van der Waals surface area contributed by atoms with Crippen LogP contribution in [0.15, 0.2) is 24.3 Å². The summed E-state index contributed by atoms with van der Waals surface area (Å²) in [6.07, 6.45) is 5.43. The van der Waals surface area contributed by atoms with Gasteiger partial charge in [0.15, 0.2) is 0 Å². The Labute approximate surface area is 115 Å². The van der Waals surface area contributed by atoms with Gasteiger partial charge in [-0.05, 0) is 43.4 Å². The number of halogens is 1. The highest BCUT2D eigenvalue weighted by molar-refractivity contribution is 7.57. The third-order valence-corrected chi connectivity index (χ3v) is 5.24. The molecule has 0 fully saturated rings. The lowest BCUT2D eigenvalue weighted by molar-refractivity contribution is 0.472. The molecule has 0 saturated heterocycles. The van der Waals surface area contributed by atoms with Gasteiger partial charge in [0.05, 0.1) is 0 Å². The molecule has 0 saturated carbocycles. The van der Waals surface area contributed by atoms with Crippen LogP contribution in [0.1, 0.15) is 38.2 Å². The summed E-state index contributed by atoms with van der Waals surface area (Å²) in [5.41, 5.74) is 1.20. The summed E-state index contributed by atoms with van der Waals surface area (Å²) < 4.78 is 11.8. The molecule has 0 amide bonds. The van der Waals surface area contributed by atoms with Crippen LogP contribution in [0.5, 0.6) is 0 Å². The summed E-state index contributed by atoms with van der Waals surface area (Å²) in [4.78, 5) is 9.72. The Kier molecular flexibility index (Phi) is 6.99. The lowest BCUT2D eigenvalue weighted by Gasteiger charge is -2.10. The van der Waals surface area contributed by atoms with Gasteiger partial charge in [0.1, 0.15) is 0 Å².